The number of halogens is 3. The molecule has 1 fully saturated rings. The maximum atomic E-state index is 12.8. The molecular weight excluding hydrogens is 471 g/mol. The van der Waals surface area contributed by atoms with Crippen LogP contribution in [0.5, 0.6) is 5.75 Å². The molecule has 190 valence electrons. The van der Waals surface area contributed by atoms with E-state index in [-0.39, 0.29) is 35.1 Å². The predicted octanol–water partition coefficient (Wildman–Crippen LogP) is 4.75. The topological polar surface area (TPSA) is 74.4 Å². The van der Waals surface area contributed by atoms with Gasteiger partial charge in [-0.15, -0.1) is 13.2 Å². The molecule has 3 aromatic rings. The minimum atomic E-state index is -4.72. The Morgan fingerprint density at radius 3 is 2.50 bits per heavy atom. The van der Waals surface area contributed by atoms with Crippen molar-refractivity contribution in [3.05, 3.63) is 64.1 Å². The molecule has 36 heavy (non-hydrogen) atoms. The van der Waals surface area contributed by atoms with Gasteiger partial charge in [-0.3, -0.25) is 9.69 Å². The maximum absolute atomic E-state index is 12.8. The minimum absolute atomic E-state index is 0.0418. The van der Waals surface area contributed by atoms with Gasteiger partial charge in [0.2, 0.25) is 0 Å². The number of fused-ring (bicyclic) bond motifs is 1. The van der Waals surface area contributed by atoms with Crippen molar-refractivity contribution >= 4 is 16.7 Å². The number of nitriles is 1. The van der Waals surface area contributed by atoms with E-state index in [1.165, 1.54) is 16.7 Å². The number of aromatic nitrogens is 2. The SMILES string of the molecule is CC[C@H]1CN(C(C)c2ccc(OC(F)(F)F)cc2)[C@H](C)CN1c1cc(=O)n(C)c2ccc(C#N)nc12. The van der Waals surface area contributed by atoms with Gasteiger partial charge in [-0.05, 0) is 50.1 Å². The Morgan fingerprint density at radius 1 is 1.19 bits per heavy atom. The van der Waals surface area contributed by atoms with E-state index < -0.39 is 6.36 Å². The van der Waals surface area contributed by atoms with Gasteiger partial charge in [-0.1, -0.05) is 19.1 Å². The van der Waals surface area contributed by atoms with Gasteiger partial charge in [0.25, 0.3) is 5.56 Å². The van der Waals surface area contributed by atoms with Gasteiger partial charge in [0.05, 0.1) is 11.2 Å². The van der Waals surface area contributed by atoms with Crippen molar-refractivity contribution in [2.24, 2.45) is 7.05 Å². The fourth-order valence-corrected chi connectivity index (χ4v) is 4.98. The molecule has 1 unspecified atom stereocenters. The largest absolute Gasteiger partial charge is 0.573 e. The van der Waals surface area contributed by atoms with E-state index in [2.05, 4.69) is 39.4 Å². The lowest BCUT2D eigenvalue weighted by Crippen LogP contribution is -2.58. The summed E-state index contributed by atoms with van der Waals surface area (Å²) in [6.07, 6.45) is -3.92. The van der Waals surface area contributed by atoms with Crippen LogP contribution in [0.3, 0.4) is 0 Å². The van der Waals surface area contributed by atoms with Crippen molar-refractivity contribution in [3.63, 3.8) is 0 Å². The predicted molar refractivity (Wildman–Crippen MR) is 131 cm³/mol. The van der Waals surface area contributed by atoms with E-state index in [1.54, 1.807) is 37.4 Å². The van der Waals surface area contributed by atoms with Gasteiger partial charge < -0.3 is 14.2 Å². The summed E-state index contributed by atoms with van der Waals surface area (Å²) >= 11 is 0. The van der Waals surface area contributed by atoms with Crippen molar-refractivity contribution < 1.29 is 17.9 Å². The van der Waals surface area contributed by atoms with Crippen molar-refractivity contribution in [1.29, 1.82) is 5.26 Å². The van der Waals surface area contributed by atoms with Crippen LogP contribution < -0.4 is 15.2 Å². The number of aryl methyl sites for hydroxylation is 1. The van der Waals surface area contributed by atoms with Crippen LogP contribution in [0.15, 0.2) is 47.3 Å². The second-order valence-electron chi connectivity index (χ2n) is 9.16. The van der Waals surface area contributed by atoms with Gasteiger partial charge in [0.1, 0.15) is 23.0 Å². The van der Waals surface area contributed by atoms with Gasteiger partial charge in [0.15, 0.2) is 0 Å². The third-order valence-corrected chi connectivity index (χ3v) is 6.95. The summed E-state index contributed by atoms with van der Waals surface area (Å²) in [5.41, 5.74) is 3.01. The highest BCUT2D eigenvalue weighted by atomic mass is 19.4. The van der Waals surface area contributed by atoms with Gasteiger partial charge in [-0.2, -0.15) is 5.26 Å². The fourth-order valence-electron chi connectivity index (χ4n) is 4.98. The van der Waals surface area contributed by atoms with Crippen LogP contribution >= 0.6 is 0 Å². The molecule has 0 saturated carbocycles. The molecule has 0 spiro atoms. The average molecular weight is 500 g/mol. The molecule has 10 heteroatoms. The molecule has 0 aliphatic carbocycles. The molecule has 0 N–H and O–H groups in total. The fraction of sp³-hybridized carbons (Fsp3) is 0.423. The number of nitrogens with zero attached hydrogens (tertiary/aromatic N) is 5. The van der Waals surface area contributed by atoms with Crippen molar-refractivity contribution in [3.8, 4) is 11.8 Å². The smallest absolute Gasteiger partial charge is 0.406 e. The lowest BCUT2D eigenvalue weighted by atomic mass is 9.98. The molecular formula is C26H28F3N5O2. The van der Waals surface area contributed by atoms with Crippen LogP contribution in [0.25, 0.3) is 11.0 Å². The van der Waals surface area contributed by atoms with Crippen molar-refractivity contribution in [1.82, 2.24) is 14.5 Å². The standard InChI is InChI=1S/C26H28F3N5O2/c1-5-20-15-33(17(3)18-6-9-21(10-7-18)36-26(27,28)29)16(2)14-34(20)23-12-24(35)32(4)22-11-8-19(13-30)31-25(22)23/h6-12,16-17,20H,5,14-15H2,1-4H3/t16-,17?,20+/m1/s1. The third kappa shape index (κ3) is 5.02. The number of hydrogen-bond acceptors (Lipinski definition) is 6. The number of pyridine rings is 2. The molecule has 2 aromatic heterocycles. The Labute approximate surface area is 207 Å². The first-order chi connectivity index (χ1) is 17.0. The van der Waals surface area contributed by atoms with Crippen LogP contribution in [-0.4, -0.2) is 46.0 Å². The number of alkyl halides is 3. The van der Waals surface area contributed by atoms with E-state index in [4.69, 9.17) is 0 Å². The molecule has 4 rings (SSSR count). The number of hydrogen-bond donors (Lipinski definition) is 0. The highest BCUT2D eigenvalue weighted by molar-refractivity contribution is 5.89. The van der Waals surface area contributed by atoms with Crippen molar-refractivity contribution in [2.45, 2.75) is 51.7 Å². The highest BCUT2D eigenvalue weighted by Crippen LogP contribution is 2.34. The van der Waals surface area contributed by atoms with Crippen LogP contribution in [0.1, 0.15) is 44.5 Å². The van der Waals surface area contributed by atoms with E-state index in [0.717, 1.165) is 12.0 Å². The Bertz CT molecular complexity index is 1350. The molecule has 0 amide bonds. The summed E-state index contributed by atoms with van der Waals surface area (Å²) in [7, 11) is 1.69. The number of benzene rings is 1. The molecule has 0 bridgehead atoms. The van der Waals surface area contributed by atoms with Gasteiger partial charge in [-0.25, -0.2) is 4.98 Å². The Kier molecular flexibility index (Phi) is 6.96. The molecule has 1 aromatic carbocycles. The van der Waals surface area contributed by atoms with E-state index in [0.29, 0.717) is 29.8 Å². The first-order valence-corrected chi connectivity index (χ1v) is 11.8. The molecule has 1 aliphatic heterocycles. The van der Waals surface area contributed by atoms with Crippen LogP contribution in [0.4, 0.5) is 18.9 Å². The summed E-state index contributed by atoms with van der Waals surface area (Å²) in [6.45, 7) is 7.52. The molecule has 7 nitrogen and oxygen atoms in total. The average Bonchev–Trinajstić information content (AvgIpc) is 2.84. The molecule has 1 aliphatic rings. The lowest BCUT2D eigenvalue weighted by Gasteiger charge is -2.48. The zero-order valence-electron chi connectivity index (χ0n) is 20.6. The first kappa shape index (κ1) is 25.5. The van der Waals surface area contributed by atoms with E-state index in [9.17, 15) is 23.2 Å². The molecule has 0 radical (unpaired) electrons. The highest BCUT2D eigenvalue weighted by Gasteiger charge is 2.35. The second-order valence-corrected chi connectivity index (χ2v) is 9.16. The normalized spacial score (nSPS) is 19.8. The zero-order chi connectivity index (χ0) is 26.2. The third-order valence-electron chi connectivity index (χ3n) is 6.95. The van der Waals surface area contributed by atoms with Crippen LogP contribution in [-0.2, 0) is 7.05 Å². The van der Waals surface area contributed by atoms with Gasteiger partial charge in [0, 0.05) is 44.3 Å². The number of rotatable bonds is 5. The van der Waals surface area contributed by atoms with Crippen LogP contribution in [0.2, 0.25) is 0 Å². The second kappa shape index (κ2) is 9.82. The maximum Gasteiger partial charge on any atom is 0.573 e. The van der Waals surface area contributed by atoms with E-state index >= 15 is 0 Å². The van der Waals surface area contributed by atoms with Gasteiger partial charge >= 0.3 is 6.36 Å². The molecule has 3 heterocycles. The number of ether oxygens (including phenoxy) is 1. The number of anilines is 1. The Hall–Kier alpha value is -3.58. The zero-order valence-corrected chi connectivity index (χ0v) is 20.6. The van der Waals surface area contributed by atoms with Crippen LogP contribution in [0, 0.1) is 11.3 Å². The number of piperazine rings is 1. The summed E-state index contributed by atoms with van der Waals surface area (Å²) in [4.78, 5) is 21.8. The summed E-state index contributed by atoms with van der Waals surface area (Å²) in [6, 6.07) is 13.1. The summed E-state index contributed by atoms with van der Waals surface area (Å²) < 4.78 is 43.1. The summed E-state index contributed by atoms with van der Waals surface area (Å²) in [5.74, 6) is -0.246. The monoisotopic (exact) mass is 499 g/mol. The summed E-state index contributed by atoms with van der Waals surface area (Å²) in [5, 5.41) is 9.37. The quantitative estimate of drug-likeness (QED) is 0.504. The molecule has 1 saturated heterocycles. The lowest BCUT2D eigenvalue weighted by molar-refractivity contribution is -0.274. The Balaban J connectivity index is 1.63. The van der Waals surface area contributed by atoms with Crippen molar-refractivity contribution in [2.75, 3.05) is 18.0 Å². The first-order valence-electron chi connectivity index (χ1n) is 11.8. The van der Waals surface area contributed by atoms with E-state index in [1.807, 2.05) is 6.92 Å². The molecule has 3 atom stereocenters. The Morgan fingerprint density at radius 2 is 1.89 bits per heavy atom. The minimum Gasteiger partial charge on any atom is -0.406 e.